The number of amides is 1. The van der Waals surface area contributed by atoms with E-state index in [4.69, 9.17) is 27.9 Å². The predicted octanol–water partition coefficient (Wildman–Crippen LogP) is 6.32. The van der Waals surface area contributed by atoms with Crippen molar-refractivity contribution in [3.05, 3.63) is 79.5 Å². The maximum absolute atomic E-state index is 12.9. The van der Waals surface area contributed by atoms with Gasteiger partial charge in [0.1, 0.15) is 16.2 Å². The van der Waals surface area contributed by atoms with Crippen LogP contribution in [0.2, 0.25) is 10.0 Å². The van der Waals surface area contributed by atoms with E-state index in [1.54, 1.807) is 55.7 Å². The molecule has 0 aliphatic rings. The number of fused-ring (bicyclic) bond motifs is 1. The molecule has 2 heterocycles. The van der Waals surface area contributed by atoms with Gasteiger partial charge in [-0.2, -0.15) is 0 Å². The highest BCUT2D eigenvalue weighted by atomic mass is 35.5. The molecule has 0 radical (unpaired) electrons. The van der Waals surface area contributed by atoms with E-state index in [-0.39, 0.29) is 17.2 Å². The zero-order valence-corrected chi connectivity index (χ0v) is 20.9. The van der Waals surface area contributed by atoms with Gasteiger partial charge in [0.05, 0.1) is 9.90 Å². The third kappa shape index (κ3) is 4.59. The molecule has 1 amide bonds. The summed E-state index contributed by atoms with van der Waals surface area (Å²) in [4.78, 5) is 37.9. The second-order valence-electron chi connectivity index (χ2n) is 7.62. The van der Waals surface area contributed by atoms with Crippen molar-refractivity contribution >= 4 is 56.3 Å². The van der Waals surface area contributed by atoms with Gasteiger partial charge in [0.25, 0.3) is 11.5 Å². The summed E-state index contributed by atoms with van der Waals surface area (Å²) in [6, 6.07) is 11.6. The first-order chi connectivity index (χ1) is 16.2. The maximum Gasteiger partial charge on any atom is 0.268 e. The molecule has 0 unspecified atom stereocenters. The fourth-order valence-electron chi connectivity index (χ4n) is 3.53. The molecule has 0 atom stereocenters. The standard InChI is InChI=1S/C25H20Cl2N2O4S/c1-4-28-24(31)22-11-17-18(12-29(3)25(32)23(17)34-22)16-9-14(13(2)30)5-7-20(16)33-21-8-6-15(26)10-19(21)27/h5-12H,4H2,1-3H3,(H,28,31). The minimum absolute atomic E-state index is 0.119. The second-order valence-corrected chi connectivity index (χ2v) is 9.51. The van der Waals surface area contributed by atoms with Crippen LogP contribution in [0.4, 0.5) is 0 Å². The van der Waals surface area contributed by atoms with Gasteiger partial charge < -0.3 is 14.6 Å². The average molecular weight is 515 g/mol. The first kappa shape index (κ1) is 24.0. The van der Waals surface area contributed by atoms with Crippen molar-refractivity contribution in [2.75, 3.05) is 6.54 Å². The summed E-state index contributed by atoms with van der Waals surface area (Å²) in [6.07, 6.45) is 1.68. The Labute approximate surface area is 209 Å². The normalized spacial score (nSPS) is 11.0. The Balaban J connectivity index is 1.96. The molecule has 6 nitrogen and oxygen atoms in total. The van der Waals surface area contributed by atoms with Gasteiger partial charge in [0.15, 0.2) is 5.78 Å². The molecule has 2 aromatic heterocycles. The number of carbonyl (C=O) groups excluding carboxylic acids is 2. The first-order valence-electron chi connectivity index (χ1n) is 10.4. The van der Waals surface area contributed by atoms with Gasteiger partial charge in [0.2, 0.25) is 0 Å². The Morgan fingerprint density at radius 1 is 1.06 bits per heavy atom. The molecule has 0 aliphatic carbocycles. The van der Waals surface area contributed by atoms with Crippen LogP contribution in [0.5, 0.6) is 11.5 Å². The van der Waals surface area contributed by atoms with Crippen molar-refractivity contribution in [2.24, 2.45) is 7.05 Å². The van der Waals surface area contributed by atoms with E-state index in [2.05, 4.69) is 5.32 Å². The number of Topliss-reactive ketones (excluding diaryl/α,β-unsaturated/α-hetero) is 1. The number of nitrogens with zero attached hydrogens (tertiary/aromatic N) is 1. The molecule has 174 valence electrons. The number of rotatable bonds is 6. The molecule has 0 spiro atoms. The Morgan fingerprint density at radius 3 is 2.47 bits per heavy atom. The van der Waals surface area contributed by atoms with Crippen molar-refractivity contribution < 1.29 is 14.3 Å². The van der Waals surface area contributed by atoms with Crippen LogP contribution < -0.4 is 15.6 Å². The number of thiophene rings is 1. The second kappa shape index (κ2) is 9.62. The SMILES string of the molecule is CCNC(=O)c1cc2c(-c3cc(C(C)=O)ccc3Oc3ccc(Cl)cc3Cl)cn(C)c(=O)c2s1. The summed E-state index contributed by atoms with van der Waals surface area (Å²) in [7, 11) is 1.64. The number of aryl methyl sites for hydroxylation is 1. The summed E-state index contributed by atoms with van der Waals surface area (Å²) in [5.41, 5.74) is 1.49. The fraction of sp³-hybridized carbons (Fsp3) is 0.160. The molecular formula is C25H20Cl2N2O4S. The number of benzene rings is 2. The molecule has 0 saturated heterocycles. The average Bonchev–Trinajstić information content (AvgIpc) is 3.24. The number of halogens is 2. The first-order valence-corrected chi connectivity index (χ1v) is 12.0. The van der Waals surface area contributed by atoms with Crippen LogP contribution >= 0.6 is 34.5 Å². The number of carbonyl (C=O) groups is 2. The summed E-state index contributed by atoms with van der Waals surface area (Å²) in [6.45, 7) is 3.77. The zero-order chi connectivity index (χ0) is 24.6. The highest BCUT2D eigenvalue weighted by molar-refractivity contribution is 7.20. The highest BCUT2D eigenvalue weighted by Crippen LogP contribution is 2.41. The van der Waals surface area contributed by atoms with Crippen LogP contribution in [-0.2, 0) is 7.05 Å². The number of hydrogen-bond donors (Lipinski definition) is 1. The third-order valence-electron chi connectivity index (χ3n) is 5.21. The number of ketones is 1. The number of nitrogens with one attached hydrogen (secondary N) is 1. The molecule has 4 aromatic rings. The van der Waals surface area contributed by atoms with Crippen LogP contribution in [0.15, 0.2) is 53.5 Å². The third-order valence-corrected chi connectivity index (χ3v) is 6.86. The molecule has 0 bridgehead atoms. The van der Waals surface area contributed by atoms with Crippen molar-refractivity contribution in [1.82, 2.24) is 9.88 Å². The van der Waals surface area contributed by atoms with E-state index in [1.807, 2.05) is 6.92 Å². The molecule has 2 aromatic carbocycles. The lowest BCUT2D eigenvalue weighted by Crippen LogP contribution is -2.21. The minimum atomic E-state index is -0.251. The van der Waals surface area contributed by atoms with Gasteiger partial charge >= 0.3 is 0 Å². The Morgan fingerprint density at radius 2 is 1.79 bits per heavy atom. The van der Waals surface area contributed by atoms with E-state index in [0.29, 0.717) is 59.7 Å². The van der Waals surface area contributed by atoms with Crippen LogP contribution in [0.25, 0.3) is 21.2 Å². The van der Waals surface area contributed by atoms with Crippen LogP contribution in [-0.4, -0.2) is 22.8 Å². The monoisotopic (exact) mass is 514 g/mol. The van der Waals surface area contributed by atoms with Crippen molar-refractivity contribution in [2.45, 2.75) is 13.8 Å². The predicted molar refractivity (Wildman–Crippen MR) is 137 cm³/mol. The van der Waals surface area contributed by atoms with Crippen LogP contribution in [0.3, 0.4) is 0 Å². The molecule has 0 aliphatic heterocycles. The van der Waals surface area contributed by atoms with Gasteiger partial charge in [-0.05, 0) is 56.3 Å². The smallest absolute Gasteiger partial charge is 0.268 e. The minimum Gasteiger partial charge on any atom is -0.455 e. The van der Waals surface area contributed by atoms with E-state index in [0.717, 1.165) is 11.3 Å². The zero-order valence-electron chi connectivity index (χ0n) is 18.6. The number of hydrogen-bond acceptors (Lipinski definition) is 5. The lowest BCUT2D eigenvalue weighted by Gasteiger charge is -2.15. The Bertz CT molecular complexity index is 1510. The van der Waals surface area contributed by atoms with E-state index in [1.165, 1.54) is 11.5 Å². The topological polar surface area (TPSA) is 77.4 Å². The largest absolute Gasteiger partial charge is 0.455 e. The lowest BCUT2D eigenvalue weighted by molar-refractivity contribution is 0.0958. The van der Waals surface area contributed by atoms with Gasteiger partial charge in [-0.15, -0.1) is 11.3 Å². The van der Waals surface area contributed by atoms with Gasteiger partial charge in [-0.3, -0.25) is 14.4 Å². The van der Waals surface area contributed by atoms with Crippen molar-refractivity contribution in [1.29, 1.82) is 0 Å². The Kier molecular flexibility index (Phi) is 6.79. The van der Waals surface area contributed by atoms with Crippen LogP contribution in [0.1, 0.15) is 33.9 Å². The van der Waals surface area contributed by atoms with Crippen molar-refractivity contribution in [3.8, 4) is 22.6 Å². The van der Waals surface area contributed by atoms with Gasteiger partial charge in [0, 0.05) is 46.9 Å². The van der Waals surface area contributed by atoms with Crippen LogP contribution in [0, 0.1) is 0 Å². The van der Waals surface area contributed by atoms with Gasteiger partial charge in [-0.25, -0.2) is 0 Å². The summed E-state index contributed by atoms with van der Waals surface area (Å²) in [5, 5.41) is 4.16. The highest BCUT2D eigenvalue weighted by Gasteiger charge is 2.20. The van der Waals surface area contributed by atoms with Crippen molar-refractivity contribution in [3.63, 3.8) is 0 Å². The summed E-state index contributed by atoms with van der Waals surface area (Å²) >= 11 is 13.5. The fourth-order valence-corrected chi connectivity index (χ4v) is 5.05. The molecule has 0 saturated carbocycles. The lowest BCUT2D eigenvalue weighted by atomic mass is 9.99. The number of ether oxygens (including phenoxy) is 1. The number of aromatic nitrogens is 1. The quantitative estimate of drug-likeness (QED) is 0.305. The van der Waals surface area contributed by atoms with Gasteiger partial charge in [-0.1, -0.05) is 23.2 Å². The molecular weight excluding hydrogens is 495 g/mol. The summed E-state index contributed by atoms with van der Waals surface area (Å²) in [5.74, 6) is 0.447. The Hall–Kier alpha value is -3.13. The molecule has 4 rings (SSSR count). The molecule has 34 heavy (non-hydrogen) atoms. The molecule has 9 heteroatoms. The van der Waals surface area contributed by atoms with E-state index < -0.39 is 0 Å². The summed E-state index contributed by atoms with van der Waals surface area (Å²) < 4.78 is 8.02. The van der Waals surface area contributed by atoms with E-state index >= 15 is 0 Å². The maximum atomic E-state index is 12.9. The molecule has 0 fully saturated rings. The van der Waals surface area contributed by atoms with E-state index in [9.17, 15) is 14.4 Å². The molecule has 1 N–H and O–H groups in total. The number of pyridine rings is 1.